The van der Waals surface area contributed by atoms with Gasteiger partial charge in [-0.1, -0.05) is 32.9 Å². The maximum atomic E-state index is 5.87. The Hall–Kier alpha value is -0.730. The Morgan fingerprint density at radius 3 is 2.42 bits per heavy atom. The summed E-state index contributed by atoms with van der Waals surface area (Å²) in [5.74, 6) is 1.66. The van der Waals surface area contributed by atoms with E-state index in [1.165, 1.54) is 18.4 Å². The molecule has 1 N–H and O–H groups in total. The number of ether oxygens (including phenoxy) is 1. The van der Waals surface area contributed by atoms with E-state index < -0.39 is 0 Å². The van der Waals surface area contributed by atoms with Gasteiger partial charge >= 0.3 is 0 Å². The number of piperidine rings is 1. The van der Waals surface area contributed by atoms with Gasteiger partial charge in [-0.15, -0.1) is 12.4 Å². The lowest BCUT2D eigenvalue weighted by Gasteiger charge is -2.23. The Kier molecular flexibility index (Phi) is 6.15. The highest BCUT2D eigenvalue weighted by molar-refractivity contribution is 5.85. The van der Waals surface area contributed by atoms with E-state index in [0.29, 0.717) is 5.92 Å². The molecule has 0 bridgehead atoms. The van der Waals surface area contributed by atoms with E-state index in [9.17, 15) is 0 Å². The van der Waals surface area contributed by atoms with Gasteiger partial charge in [0, 0.05) is 12.5 Å². The molecule has 2 nitrogen and oxygen atoms in total. The van der Waals surface area contributed by atoms with E-state index in [0.717, 1.165) is 25.4 Å². The Balaban J connectivity index is 0.00000180. The van der Waals surface area contributed by atoms with Crippen molar-refractivity contribution in [1.29, 1.82) is 0 Å². The van der Waals surface area contributed by atoms with Crippen molar-refractivity contribution in [2.75, 3.05) is 19.7 Å². The second-order valence-electron chi connectivity index (χ2n) is 6.30. The molecule has 0 saturated carbocycles. The van der Waals surface area contributed by atoms with Crippen molar-refractivity contribution >= 4 is 12.4 Å². The molecule has 1 fully saturated rings. The molecule has 0 aromatic heterocycles. The minimum absolute atomic E-state index is 0. The number of nitrogens with one attached hydrogen (secondary N) is 1. The first-order chi connectivity index (χ1) is 8.55. The Morgan fingerprint density at radius 1 is 1.21 bits per heavy atom. The van der Waals surface area contributed by atoms with Gasteiger partial charge in [-0.3, -0.25) is 0 Å². The van der Waals surface area contributed by atoms with Gasteiger partial charge in [-0.25, -0.2) is 0 Å². The predicted octanol–water partition coefficient (Wildman–Crippen LogP) is 3.78. The van der Waals surface area contributed by atoms with Crippen molar-refractivity contribution in [3.8, 4) is 5.75 Å². The Morgan fingerprint density at radius 2 is 1.89 bits per heavy atom. The van der Waals surface area contributed by atoms with Crippen LogP contribution in [0.2, 0.25) is 0 Å². The molecule has 1 aliphatic rings. The normalized spacial score (nSPS) is 19.6. The summed E-state index contributed by atoms with van der Waals surface area (Å²) in [6.45, 7) is 9.79. The molecule has 1 saturated heterocycles. The average molecular weight is 284 g/mol. The van der Waals surface area contributed by atoms with Crippen LogP contribution >= 0.6 is 12.4 Å². The lowest BCUT2D eigenvalue weighted by atomic mass is 9.87. The average Bonchev–Trinajstić information content (AvgIpc) is 2.37. The Bertz CT molecular complexity index is 363. The molecule has 108 valence electrons. The van der Waals surface area contributed by atoms with Gasteiger partial charge in [0.05, 0.1) is 6.61 Å². The van der Waals surface area contributed by atoms with E-state index in [2.05, 4.69) is 50.4 Å². The summed E-state index contributed by atoms with van der Waals surface area (Å²) < 4.78 is 5.87. The van der Waals surface area contributed by atoms with Crippen LogP contribution in [-0.2, 0) is 5.41 Å². The minimum atomic E-state index is 0. The maximum Gasteiger partial charge on any atom is 0.119 e. The second-order valence-corrected chi connectivity index (χ2v) is 6.30. The minimum Gasteiger partial charge on any atom is -0.493 e. The standard InChI is InChI=1S/C16H25NO.ClH/c1-16(2,3)14-6-8-15(9-7-14)18-12-13-5-4-10-17-11-13;/h6-9,13,17H,4-5,10-12H2,1-3H3;1H. The highest BCUT2D eigenvalue weighted by Gasteiger charge is 2.15. The first-order valence-corrected chi connectivity index (χ1v) is 7.00. The van der Waals surface area contributed by atoms with Crippen LogP contribution in [-0.4, -0.2) is 19.7 Å². The molecule has 1 atom stereocenters. The molecule has 0 aliphatic carbocycles. The fourth-order valence-electron chi connectivity index (χ4n) is 2.33. The third-order valence-electron chi connectivity index (χ3n) is 3.60. The number of hydrogen-bond acceptors (Lipinski definition) is 2. The van der Waals surface area contributed by atoms with Gasteiger partial charge in [-0.05, 0) is 42.5 Å². The molecule has 1 heterocycles. The molecular weight excluding hydrogens is 258 g/mol. The van der Waals surface area contributed by atoms with Gasteiger partial charge < -0.3 is 10.1 Å². The van der Waals surface area contributed by atoms with Crippen molar-refractivity contribution in [3.63, 3.8) is 0 Å². The lowest BCUT2D eigenvalue weighted by Crippen LogP contribution is -2.33. The quantitative estimate of drug-likeness (QED) is 0.911. The van der Waals surface area contributed by atoms with Gasteiger partial charge in [0.2, 0.25) is 0 Å². The molecule has 1 aromatic rings. The van der Waals surface area contributed by atoms with E-state index in [-0.39, 0.29) is 17.8 Å². The van der Waals surface area contributed by atoms with Gasteiger partial charge in [-0.2, -0.15) is 0 Å². The monoisotopic (exact) mass is 283 g/mol. The largest absolute Gasteiger partial charge is 0.493 e. The van der Waals surface area contributed by atoms with Crippen molar-refractivity contribution in [2.24, 2.45) is 5.92 Å². The lowest BCUT2D eigenvalue weighted by molar-refractivity contribution is 0.218. The van der Waals surface area contributed by atoms with Crippen LogP contribution in [0.25, 0.3) is 0 Å². The molecule has 0 amide bonds. The summed E-state index contributed by atoms with van der Waals surface area (Å²) in [5.41, 5.74) is 1.57. The number of benzene rings is 1. The van der Waals surface area contributed by atoms with Crippen molar-refractivity contribution in [3.05, 3.63) is 29.8 Å². The van der Waals surface area contributed by atoms with Crippen molar-refractivity contribution < 1.29 is 4.74 Å². The van der Waals surface area contributed by atoms with Crippen LogP contribution in [0.3, 0.4) is 0 Å². The highest BCUT2D eigenvalue weighted by Crippen LogP contribution is 2.24. The molecule has 3 heteroatoms. The SMILES string of the molecule is CC(C)(C)c1ccc(OCC2CCCNC2)cc1.Cl. The molecule has 1 aromatic carbocycles. The van der Waals surface area contributed by atoms with Crippen molar-refractivity contribution in [2.45, 2.75) is 39.0 Å². The third kappa shape index (κ3) is 5.04. The molecule has 0 radical (unpaired) electrons. The van der Waals surface area contributed by atoms with E-state index >= 15 is 0 Å². The zero-order valence-electron chi connectivity index (χ0n) is 12.2. The van der Waals surface area contributed by atoms with Gasteiger partial charge in [0.25, 0.3) is 0 Å². The van der Waals surface area contributed by atoms with E-state index in [1.54, 1.807) is 0 Å². The molecule has 1 aliphatic heterocycles. The molecule has 0 spiro atoms. The third-order valence-corrected chi connectivity index (χ3v) is 3.60. The van der Waals surface area contributed by atoms with Crippen LogP contribution in [0.1, 0.15) is 39.2 Å². The van der Waals surface area contributed by atoms with Crippen LogP contribution in [0.15, 0.2) is 24.3 Å². The number of rotatable bonds is 3. The number of hydrogen-bond donors (Lipinski definition) is 1. The van der Waals surface area contributed by atoms with E-state index in [1.807, 2.05) is 0 Å². The summed E-state index contributed by atoms with van der Waals surface area (Å²) in [7, 11) is 0. The van der Waals surface area contributed by atoms with Crippen LogP contribution in [0.4, 0.5) is 0 Å². The molecular formula is C16H26ClNO. The number of halogens is 1. The van der Waals surface area contributed by atoms with Crippen LogP contribution in [0.5, 0.6) is 5.75 Å². The Labute approximate surface area is 123 Å². The summed E-state index contributed by atoms with van der Waals surface area (Å²) in [6.07, 6.45) is 2.56. The first kappa shape index (κ1) is 16.3. The van der Waals surface area contributed by atoms with E-state index in [4.69, 9.17) is 4.74 Å². The molecule has 2 rings (SSSR count). The predicted molar refractivity (Wildman–Crippen MR) is 83.5 cm³/mol. The smallest absolute Gasteiger partial charge is 0.119 e. The highest BCUT2D eigenvalue weighted by atomic mass is 35.5. The molecule has 19 heavy (non-hydrogen) atoms. The zero-order valence-corrected chi connectivity index (χ0v) is 13.1. The fourth-order valence-corrected chi connectivity index (χ4v) is 2.33. The zero-order chi connectivity index (χ0) is 13.0. The summed E-state index contributed by atoms with van der Waals surface area (Å²) in [6, 6.07) is 8.54. The molecule has 1 unspecified atom stereocenters. The summed E-state index contributed by atoms with van der Waals surface area (Å²) in [5, 5.41) is 3.42. The second kappa shape index (κ2) is 7.16. The van der Waals surface area contributed by atoms with Crippen LogP contribution < -0.4 is 10.1 Å². The topological polar surface area (TPSA) is 21.3 Å². The van der Waals surface area contributed by atoms with Crippen LogP contribution in [0, 0.1) is 5.92 Å². The summed E-state index contributed by atoms with van der Waals surface area (Å²) in [4.78, 5) is 0. The van der Waals surface area contributed by atoms with Gasteiger partial charge in [0.1, 0.15) is 5.75 Å². The fraction of sp³-hybridized carbons (Fsp3) is 0.625. The van der Waals surface area contributed by atoms with Gasteiger partial charge in [0.15, 0.2) is 0 Å². The first-order valence-electron chi connectivity index (χ1n) is 7.00. The maximum absolute atomic E-state index is 5.87. The summed E-state index contributed by atoms with van der Waals surface area (Å²) >= 11 is 0. The van der Waals surface area contributed by atoms with Crippen molar-refractivity contribution in [1.82, 2.24) is 5.32 Å².